The lowest BCUT2D eigenvalue weighted by molar-refractivity contribution is -0.116. The van der Waals surface area contributed by atoms with Crippen molar-refractivity contribution in [2.24, 2.45) is 10.7 Å². The van der Waals surface area contributed by atoms with Gasteiger partial charge in [0.1, 0.15) is 12.4 Å². The van der Waals surface area contributed by atoms with E-state index in [-0.39, 0.29) is 29.9 Å². The zero-order valence-corrected chi connectivity index (χ0v) is 17.9. The molecule has 1 amide bonds. The first kappa shape index (κ1) is 21.0. The number of fused-ring (bicyclic) bond motifs is 1. The molecule has 4 N–H and O–H groups in total. The number of ether oxygens (including phenoxy) is 1. The molecule has 0 bridgehead atoms. The summed E-state index contributed by atoms with van der Waals surface area (Å²) in [5, 5.41) is 5.94. The average Bonchev–Trinajstić information content (AvgIpc) is 2.62. The molecular formula is C20H25IN4O2. The molecule has 1 aliphatic rings. The summed E-state index contributed by atoms with van der Waals surface area (Å²) < 4.78 is 5.73. The highest BCUT2D eigenvalue weighted by Crippen LogP contribution is 2.26. The third-order valence-electron chi connectivity index (χ3n) is 4.39. The molecule has 0 aromatic heterocycles. The Balaban J connectivity index is 0.00000261. The molecule has 0 fully saturated rings. The molecule has 0 spiro atoms. The van der Waals surface area contributed by atoms with E-state index in [1.54, 1.807) is 0 Å². The molecular weight excluding hydrogens is 455 g/mol. The molecule has 0 atom stereocenters. The van der Waals surface area contributed by atoms with Gasteiger partial charge >= 0.3 is 0 Å². The van der Waals surface area contributed by atoms with Crippen LogP contribution in [0.3, 0.4) is 0 Å². The predicted molar refractivity (Wildman–Crippen MR) is 120 cm³/mol. The summed E-state index contributed by atoms with van der Waals surface area (Å²) >= 11 is 0. The number of nitrogens with zero attached hydrogens (tertiary/aromatic N) is 1. The SMILES string of the molecule is Cc1ccc(NC(N)=NCCOc2ccc3c(c2)CCC(=O)N3)cc1C.I. The standard InChI is InChI=1S/C20H24N4O2.HI/c1-13-3-5-16(11-14(13)2)23-20(21)22-9-10-26-17-6-7-18-15(12-17)4-8-19(25)24-18;/h3,5-7,11-12H,4,8-10H2,1-2H3,(H,24,25)(H3,21,22,23);1H. The van der Waals surface area contributed by atoms with Gasteiger partial charge in [-0.25, -0.2) is 4.99 Å². The predicted octanol–water partition coefficient (Wildman–Crippen LogP) is 3.61. The fraction of sp³-hybridized carbons (Fsp3) is 0.300. The largest absolute Gasteiger partial charge is 0.492 e. The highest BCUT2D eigenvalue weighted by Gasteiger charge is 2.14. The second kappa shape index (κ2) is 9.59. The number of hydrogen-bond donors (Lipinski definition) is 3. The van der Waals surface area contributed by atoms with Crippen molar-refractivity contribution in [1.29, 1.82) is 0 Å². The number of amides is 1. The summed E-state index contributed by atoms with van der Waals surface area (Å²) in [6.07, 6.45) is 1.25. The maximum atomic E-state index is 11.4. The van der Waals surface area contributed by atoms with Crippen LogP contribution in [-0.4, -0.2) is 25.0 Å². The molecule has 6 nitrogen and oxygen atoms in total. The van der Waals surface area contributed by atoms with Crippen molar-refractivity contribution >= 4 is 47.2 Å². The minimum Gasteiger partial charge on any atom is -0.492 e. The first-order valence-electron chi connectivity index (χ1n) is 8.71. The number of anilines is 2. The first-order chi connectivity index (χ1) is 12.5. The van der Waals surface area contributed by atoms with Crippen LogP contribution in [0.2, 0.25) is 0 Å². The van der Waals surface area contributed by atoms with Crippen molar-refractivity contribution in [1.82, 2.24) is 0 Å². The Morgan fingerprint density at radius 2 is 2.00 bits per heavy atom. The van der Waals surface area contributed by atoms with Crippen molar-refractivity contribution < 1.29 is 9.53 Å². The summed E-state index contributed by atoms with van der Waals surface area (Å²) in [7, 11) is 0. The Morgan fingerprint density at radius 3 is 2.78 bits per heavy atom. The highest BCUT2D eigenvalue weighted by atomic mass is 127. The molecule has 2 aromatic rings. The van der Waals surface area contributed by atoms with E-state index in [1.165, 1.54) is 11.1 Å². The number of nitrogens with one attached hydrogen (secondary N) is 2. The molecule has 27 heavy (non-hydrogen) atoms. The molecule has 0 unspecified atom stereocenters. The van der Waals surface area contributed by atoms with Gasteiger partial charge in [-0.15, -0.1) is 24.0 Å². The number of rotatable bonds is 5. The topological polar surface area (TPSA) is 88.7 Å². The van der Waals surface area contributed by atoms with Crippen molar-refractivity contribution in [3.63, 3.8) is 0 Å². The van der Waals surface area contributed by atoms with Gasteiger partial charge in [0.25, 0.3) is 0 Å². The number of benzene rings is 2. The Kier molecular flexibility index (Phi) is 7.46. The van der Waals surface area contributed by atoms with Crippen LogP contribution in [-0.2, 0) is 11.2 Å². The number of halogens is 1. The smallest absolute Gasteiger partial charge is 0.224 e. The van der Waals surface area contributed by atoms with Gasteiger partial charge in [0.05, 0.1) is 6.54 Å². The van der Waals surface area contributed by atoms with Crippen LogP contribution in [0.15, 0.2) is 41.4 Å². The maximum Gasteiger partial charge on any atom is 0.224 e. The summed E-state index contributed by atoms with van der Waals surface area (Å²) in [5.41, 5.74) is 11.3. The summed E-state index contributed by atoms with van der Waals surface area (Å²) in [6, 6.07) is 11.8. The Morgan fingerprint density at radius 1 is 1.19 bits per heavy atom. The van der Waals surface area contributed by atoms with Gasteiger partial charge in [-0.3, -0.25) is 4.79 Å². The molecule has 144 valence electrons. The van der Waals surface area contributed by atoms with Gasteiger partial charge in [-0.05, 0) is 67.3 Å². The van der Waals surface area contributed by atoms with Crippen molar-refractivity contribution in [2.45, 2.75) is 26.7 Å². The third kappa shape index (κ3) is 5.85. The van der Waals surface area contributed by atoms with Gasteiger partial charge in [0, 0.05) is 17.8 Å². The van der Waals surface area contributed by atoms with Crippen LogP contribution < -0.4 is 21.1 Å². The first-order valence-corrected chi connectivity index (χ1v) is 8.71. The fourth-order valence-corrected chi connectivity index (χ4v) is 2.79. The fourth-order valence-electron chi connectivity index (χ4n) is 2.79. The summed E-state index contributed by atoms with van der Waals surface area (Å²) in [4.78, 5) is 15.7. The number of aryl methyl sites for hydroxylation is 3. The number of hydrogen-bond acceptors (Lipinski definition) is 3. The minimum absolute atomic E-state index is 0. The van der Waals surface area contributed by atoms with E-state index in [9.17, 15) is 4.79 Å². The number of aliphatic imine (C=N–C) groups is 1. The molecule has 0 saturated carbocycles. The third-order valence-corrected chi connectivity index (χ3v) is 4.39. The van der Waals surface area contributed by atoms with Gasteiger partial charge in [0.2, 0.25) is 5.91 Å². The highest BCUT2D eigenvalue weighted by molar-refractivity contribution is 14.0. The van der Waals surface area contributed by atoms with E-state index in [0.29, 0.717) is 25.5 Å². The maximum absolute atomic E-state index is 11.4. The van der Waals surface area contributed by atoms with Crippen LogP contribution >= 0.6 is 24.0 Å². The normalized spacial score (nSPS) is 13.3. The zero-order chi connectivity index (χ0) is 18.5. The summed E-state index contributed by atoms with van der Waals surface area (Å²) in [6.45, 7) is 5.02. The lowest BCUT2D eigenvalue weighted by Gasteiger charge is -2.17. The van der Waals surface area contributed by atoms with Gasteiger partial charge in [0.15, 0.2) is 5.96 Å². The van der Waals surface area contributed by atoms with Crippen molar-refractivity contribution in [3.05, 3.63) is 53.1 Å². The van der Waals surface area contributed by atoms with Crippen molar-refractivity contribution in [2.75, 3.05) is 23.8 Å². The summed E-state index contributed by atoms with van der Waals surface area (Å²) in [5.74, 6) is 1.20. The van der Waals surface area contributed by atoms with E-state index in [1.807, 2.05) is 36.4 Å². The Labute approximate surface area is 176 Å². The van der Waals surface area contributed by atoms with Crippen LogP contribution in [0, 0.1) is 13.8 Å². The molecule has 7 heteroatoms. The second-order valence-corrected chi connectivity index (χ2v) is 6.41. The van der Waals surface area contributed by atoms with Crippen LogP contribution in [0.25, 0.3) is 0 Å². The van der Waals surface area contributed by atoms with E-state index in [2.05, 4.69) is 29.5 Å². The molecule has 3 rings (SSSR count). The number of nitrogens with two attached hydrogens (primary N) is 1. The molecule has 2 aromatic carbocycles. The number of guanidine groups is 1. The average molecular weight is 480 g/mol. The van der Waals surface area contributed by atoms with E-state index < -0.39 is 0 Å². The monoisotopic (exact) mass is 480 g/mol. The number of carbonyl (C=O) groups excluding carboxylic acids is 1. The molecule has 0 aliphatic carbocycles. The Hall–Kier alpha value is -2.29. The molecule has 1 heterocycles. The lowest BCUT2D eigenvalue weighted by atomic mass is 10.0. The zero-order valence-electron chi connectivity index (χ0n) is 15.5. The number of carbonyl (C=O) groups is 1. The van der Waals surface area contributed by atoms with E-state index in [0.717, 1.165) is 29.1 Å². The second-order valence-electron chi connectivity index (χ2n) is 6.41. The van der Waals surface area contributed by atoms with Crippen LogP contribution in [0.5, 0.6) is 5.75 Å². The Bertz CT molecular complexity index is 852. The lowest BCUT2D eigenvalue weighted by Crippen LogP contribution is -2.23. The molecule has 0 radical (unpaired) electrons. The van der Waals surface area contributed by atoms with Crippen LogP contribution in [0.4, 0.5) is 11.4 Å². The van der Waals surface area contributed by atoms with Gasteiger partial charge < -0.3 is 21.1 Å². The van der Waals surface area contributed by atoms with Gasteiger partial charge in [-0.2, -0.15) is 0 Å². The van der Waals surface area contributed by atoms with E-state index >= 15 is 0 Å². The molecule has 0 saturated heterocycles. The minimum atomic E-state index is 0. The van der Waals surface area contributed by atoms with Crippen LogP contribution in [0.1, 0.15) is 23.1 Å². The quantitative estimate of drug-likeness (QED) is 0.264. The molecule has 1 aliphatic heterocycles. The van der Waals surface area contributed by atoms with Crippen molar-refractivity contribution in [3.8, 4) is 5.75 Å². The van der Waals surface area contributed by atoms with Gasteiger partial charge in [-0.1, -0.05) is 6.07 Å². The van der Waals surface area contributed by atoms with E-state index in [4.69, 9.17) is 10.5 Å².